The minimum absolute atomic E-state index is 0.113. The Balaban J connectivity index is 3.25. The van der Waals surface area contributed by atoms with Crippen molar-refractivity contribution >= 4 is 28.8 Å². The maximum atomic E-state index is 8.70. The molecule has 0 aliphatic carbocycles. The number of allylic oxidation sites excluding steroid dienone is 1. The van der Waals surface area contributed by atoms with Gasteiger partial charge in [0.25, 0.3) is 0 Å². The lowest BCUT2D eigenvalue weighted by Crippen LogP contribution is -1.83. The molecule has 1 N–H and O–H groups in total. The largest absolute Gasteiger partial charge is 0.514 e. The number of rotatable bonds is 1. The lowest BCUT2D eigenvalue weighted by molar-refractivity contribution is 0.476. The molecule has 0 amide bonds. The molecule has 0 saturated heterocycles. The molecule has 4 heteroatoms. The van der Waals surface area contributed by atoms with Crippen LogP contribution in [0.4, 0.5) is 0 Å². The van der Waals surface area contributed by atoms with Gasteiger partial charge in [0.2, 0.25) is 0 Å². The fourth-order valence-electron chi connectivity index (χ4n) is 0.867. The highest BCUT2D eigenvalue weighted by molar-refractivity contribution is 6.35. The maximum Gasteiger partial charge on any atom is 0.103 e. The van der Waals surface area contributed by atoms with Gasteiger partial charge in [-0.05, 0) is 12.1 Å². The Hall–Kier alpha value is -1.17. The molecule has 0 spiro atoms. The molecule has 1 rings (SSSR count). The van der Waals surface area contributed by atoms with Crippen LogP contribution in [0.3, 0.4) is 0 Å². The van der Waals surface area contributed by atoms with E-state index in [1.807, 2.05) is 6.07 Å². The van der Waals surface area contributed by atoms with Crippen molar-refractivity contribution in [3.8, 4) is 6.07 Å². The topological polar surface area (TPSA) is 44.0 Å². The fourth-order valence-corrected chi connectivity index (χ4v) is 1.38. The van der Waals surface area contributed by atoms with E-state index >= 15 is 0 Å². The van der Waals surface area contributed by atoms with Gasteiger partial charge in [-0.25, -0.2) is 0 Å². The molecule has 1 aromatic rings. The van der Waals surface area contributed by atoms with Crippen molar-refractivity contribution in [1.82, 2.24) is 0 Å². The third kappa shape index (κ3) is 2.15. The van der Waals surface area contributed by atoms with Crippen molar-refractivity contribution in [3.63, 3.8) is 0 Å². The molecule has 0 saturated carbocycles. The molecule has 0 atom stereocenters. The summed E-state index contributed by atoms with van der Waals surface area (Å²) >= 11 is 11.5. The second-order valence-corrected chi connectivity index (χ2v) is 3.12. The van der Waals surface area contributed by atoms with Crippen LogP contribution in [0.15, 0.2) is 24.5 Å². The van der Waals surface area contributed by atoms with Gasteiger partial charge >= 0.3 is 0 Å². The number of halogens is 2. The van der Waals surface area contributed by atoms with Crippen LogP contribution in [0.25, 0.3) is 5.57 Å². The van der Waals surface area contributed by atoms with E-state index in [9.17, 15) is 0 Å². The first-order valence-corrected chi connectivity index (χ1v) is 4.14. The zero-order valence-electron chi connectivity index (χ0n) is 6.46. The second-order valence-electron chi connectivity index (χ2n) is 2.28. The van der Waals surface area contributed by atoms with Gasteiger partial charge in [0, 0.05) is 10.6 Å². The third-order valence-corrected chi connectivity index (χ3v) is 2.02. The van der Waals surface area contributed by atoms with Gasteiger partial charge in [-0.2, -0.15) is 5.26 Å². The SMILES string of the molecule is N#C/C(=C\O)c1ccc(Cl)cc1Cl. The van der Waals surface area contributed by atoms with E-state index in [0.717, 1.165) is 6.26 Å². The van der Waals surface area contributed by atoms with Gasteiger partial charge in [-0.3, -0.25) is 0 Å². The van der Waals surface area contributed by atoms with Gasteiger partial charge in [0.1, 0.15) is 6.07 Å². The number of hydrogen-bond donors (Lipinski definition) is 1. The summed E-state index contributed by atoms with van der Waals surface area (Å²) in [6, 6.07) is 6.51. The van der Waals surface area contributed by atoms with Crippen molar-refractivity contribution in [3.05, 3.63) is 40.1 Å². The van der Waals surface area contributed by atoms with Gasteiger partial charge < -0.3 is 5.11 Å². The van der Waals surface area contributed by atoms with Crippen molar-refractivity contribution in [2.24, 2.45) is 0 Å². The van der Waals surface area contributed by atoms with E-state index in [1.165, 1.54) is 6.07 Å². The summed E-state index contributed by atoms with van der Waals surface area (Å²) in [5, 5.41) is 18.1. The number of aliphatic hydroxyl groups is 1. The number of nitriles is 1. The number of hydrogen-bond acceptors (Lipinski definition) is 2. The Bertz CT molecular complexity index is 393. The van der Waals surface area contributed by atoms with Crippen LogP contribution in [0.5, 0.6) is 0 Å². The van der Waals surface area contributed by atoms with E-state index in [-0.39, 0.29) is 5.57 Å². The Morgan fingerprint density at radius 1 is 1.46 bits per heavy atom. The lowest BCUT2D eigenvalue weighted by atomic mass is 10.1. The minimum atomic E-state index is 0.113. The van der Waals surface area contributed by atoms with Gasteiger partial charge in [-0.15, -0.1) is 0 Å². The molecule has 0 fully saturated rings. The smallest absolute Gasteiger partial charge is 0.103 e. The van der Waals surface area contributed by atoms with Crippen LogP contribution in [0, 0.1) is 11.3 Å². The molecular weight excluding hydrogens is 209 g/mol. The molecule has 0 aliphatic heterocycles. The summed E-state index contributed by atoms with van der Waals surface area (Å²) in [7, 11) is 0. The highest BCUT2D eigenvalue weighted by atomic mass is 35.5. The quantitative estimate of drug-likeness (QED) is 0.574. The Kier molecular flexibility index (Phi) is 3.18. The Morgan fingerprint density at radius 3 is 2.62 bits per heavy atom. The molecular formula is C9H5Cl2NO. The predicted octanol–water partition coefficient (Wildman–Crippen LogP) is 3.42. The first-order chi connectivity index (χ1) is 6.19. The van der Waals surface area contributed by atoms with E-state index in [4.69, 9.17) is 33.6 Å². The third-order valence-electron chi connectivity index (χ3n) is 1.47. The van der Waals surface area contributed by atoms with Gasteiger partial charge in [0.05, 0.1) is 16.9 Å². The van der Waals surface area contributed by atoms with Crippen molar-refractivity contribution in [2.45, 2.75) is 0 Å². The fraction of sp³-hybridized carbons (Fsp3) is 0. The summed E-state index contributed by atoms with van der Waals surface area (Å²) in [4.78, 5) is 0. The average molecular weight is 214 g/mol. The molecule has 0 heterocycles. The van der Waals surface area contributed by atoms with Crippen LogP contribution >= 0.6 is 23.2 Å². The Labute approximate surface area is 85.6 Å². The maximum absolute atomic E-state index is 8.70. The van der Waals surface area contributed by atoms with E-state index in [1.54, 1.807) is 12.1 Å². The van der Waals surface area contributed by atoms with Crippen LogP contribution in [0.2, 0.25) is 10.0 Å². The van der Waals surface area contributed by atoms with E-state index in [0.29, 0.717) is 15.6 Å². The van der Waals surface area contributed by atoms with Gasteiger partial charge in [-0.1, -0.05) is 29.3 Å². The zero-order chi connectivity index (χ0) is 9.84. The lowest BCUT2D eigenvalue weighted by Gasteiger charge is -2.00. The molecule has 0 aliphatic rings. The van der Waals surface area contributed by atoms with E-state index < -0.39 is 0 Å². The highest BCUT2D eigenvalue weighted by Gasteiger charge is 2.05. The normalized spacial score (nSPS) is 11.0. The van der Waals surface area contributed by atoms with Crippen LogP contribution in [0.1, 0.15) is 5.56 Å². The molecule has 0 radical (unpaired) electrons. The molecule has 2 nitrogen and oxygen atoms in total. The zero-order valence-corrected chi connectivity index (χ0v) is 7.97. The second kappa shape index (κ2) is 4.18. The minimum Gasteiger partial charge on any atom is -0.514 e. The molecule has 66 valence electrons. The van der Waals surface area contributed by atoms with Crippen LogP contribution < -0.4 is 0 Å². The summed E-state index contributed by atoms with van der Waals surface area (Å²) in [6.07, 6.45) is 0.717. The van der Waals surface area contributed by atoms with Crippen LogP contribution in [-0.4, -0.2) is 5.11 Å². The summed E-state index contributed by atoms with van der Waals surface area (Å²) in [5.74, 6) is 0. The highest BCUT2D eigenvalue weighted by Crippen LogP contribution is 2.26. The number of nitrogens with zero attached hydrogens (tertiary/aromatic N) is 1. The molecule has 0 bridgehead atoms. The predicted molar refractivity (Wildman–Crippen MR) is 52.7 cm³/mol. The summed E-state index contributed by atoms with van der Waals surface area (Å²) < 4.78 is 0. The summed E-state index contributed by atoms with van der Waals surface area (Å²) in [6.45, 7) is 0. The molecule has 13 heavy (non-hydrogen) atoms. The van der Waals surface area contributed by atoms with Crippen molar-refractivity contribution in [1.29, 1.82) is 5.26 Å². The molecule has 1 aromatic carbocycles. The molecule has 0 unspecified atom stereocenters. The summed E-state index contributed by atoms with van der Waals surface area (Å²) in [5.41, 5.74) is 0.581. The van der Waals surface area contributed by atoms with Gasteiger partial charge in [0.15, 0.2) is 0 Å². The number of aliphatic hydroxyl groups excluding tert-OH is 1. The Morgan fingerprint density at radius 2 is 2.15 bits per heavy atom. The standard InChI is InChI=1S/C9H5Cl2NO/c10-7-1-2-8(9(11)3-7)6(4-12)5-13/h1-3,5,13H/b6-5+. The monoisotopic (exact) mass is 213 g/mol. The number of benzene rings is 1. The molecule has 0 aromatic heterocycles. The van der Waals surface area contributed by atoms with E-state index in [2.05, 4.69) is 0 Å². The van der Waals surface area contributed by atoms with Crippen molar-refractivity contribution in [2.75, 3.05) is 0 Å². The average Bonchev–Trinajstić information content (AvgIpc) is 2.10. The first-order valence-electron chi connectivity index (χ1n) is 3.39. The van der Waals surface area contributed by atoms with Crippen LogP contribution in [-0.2, 0) is 0 Å². The first kappa shape index (κ1) is 9.91. The van der Waals surface area contributed by atoms with Crippen molar-refractivity contribution < 1.29 is 5.11 Å².